The molecule has 0 bridgehead atoms. The molecule has 10 heteroatoms. The van der Waals surface area contributed by atoms with Crippen LogP contribution in [0.1, 0.15) is 64.1 Å². The van der Waals surface area contributed by atoms with Gasteiger partial charge >= 0.3 is 19.7 Å². The van der Waals surface area contributed by atoms with Crippen LogP contribution in [0.2, 0.25) is 0 Å². The number of esters is 1. The molecule has 0 radical (unpaired) electrons. The molecule has 2 rings (SSSR count). The molecule has 0 heterocycles. The van der Waals surface area contributed by atoms with Crippen LogP contribution in [0.5, 0.6) is 0 Å². The van der Waals surface area contributed by atoms with Gasteiger partial charge in [-0.2, -0.15) is 0 Å². The lowest BCUT2D eigenvalue weighted by Crippen LogP contribution is -2.43. The van der Waals surface area contributed by atoms with E-state index in [0.717, 1.165) is 5.56 Å². The number of nitrogens with one attached hydrogen (secondary N) is 1. The molecule has 2 aromatic carbocycles. The van der Waals surface area contributed by atoms with Crippen molar-refractivity contribution in [3.63, 3.8) is 0 Å². The lowest BCUT2D eigenvalue weighted by molar-refractivity contribution is -0.143. The van der Waals surface area contributed by atoms with E-state index in [0.29, 0.717) is 11.1 Å². The molecule has 0 aliphatic heterocycles. The van der Waals surface area contributed by atoms with E-state index in [1.807, 2.05) is 30.3 Å². The largest absolute Gasteiger partial charge is 0.467 e. The Bertz CT molecular complexity index is 1050. The third-order valence-corrected chi connectivity index (χ3v) is 7.31. The number of ether oxygens (including phenoxy) is 2. The lowest BCUT2D eigenvalue weighted by Gasteiger charge is -2.34. The molecule has 204 valence electrons. The number of carbonyl (C=O) groups excluding carboxylic acids is 2. The lowest BCUT2D eigenvalue weighted by atomic mass is 10.0. The quantitative estimate of drug-likeness (QED) is 0.302. The number of benzene rings is 2. The van der Waals surface area contributed by atoms with Crippen molar-refractivity contribution in [2.75, 3.05) is 7.11 Å². The van der Waals surface area contributed by atoms with Crippen molar-refractivity contribution in [2.45, 2.75) is 77.7 Å². The molecule has 0 saturated heterocycles. The minimum atomic E-state index is -3.98. The number of aliphatic hydroxyl groups is 1. The van der Waals surface area contributed by atoms with E-state index in [-0.39, 0.29) is 13.0 Å². The van der Waals surface area contributed by atoms with Crippen LogP contribution in [0.4, 0.5) is 4.79 Å². The van der Waals surface area contributed by atoms with Crippen molar-refractivity contribution in [1.29, 1.82) is 0 Å². The first-order valence-corrected chi connectivity index (χ1v) is 13.6. The van der Waals surface area contributed by atoms with E-state index in [1.54, 1.807) is 65.8 Å². The molecule has 0 saturated carbocycles. The Morgan fingerprint density at radius 3 is 1.92 bits per heavy atom. The number of hydrogen-bond donors (Lipinski definition) is 2. The number of rotatable bonds is 10. The SMILES string of the molecule is COC(=O)[C@H](Cc1ccc(C(O)P(=O)(OC(C)(C)C)OC(C)(C)C)cc1)NC(=O)OCc1ccccc1. The fraction of sp³-hybridized carbons (Fsp3) is 0.481. The minimum absolute atomic E-state index is 0.0560. The van der Waals surface area contributed by atoms with Crippen LogP contribution < -0.4 is 5.32 Å². The molecule has 2 atom stereocenters. The molecule has 0 fully saturated rings. The highest BCUT2D eigenvalue weighted by Gasteiger charge is 2.42. The van der Waals surface area contributed by atoms with Gasteiger partial charge in [0.2, 0.25) is 0 Å². The van der Waals surface area contributed by atoms with Crippen molar-refractivity contribution in [3.05, 3.63) is 71.3 Å². The fourth-order valence-electron chi connectivity index (χ4n) is 3.37. The van der Waals surface area contributed by atoms with E-state index >= 15 is 0 Å². The highest BCUT2D eigenvalue weighted by atomic mass is 31.2. The van der Waals surface area contributed by atoms with Crippen LogP contribution in [0.15, 0.2) is 54.6 Å². The standard InChI is InChI=1S/C27H38NO8P/c1-26(2,3)35-37(32,36-27(4,5)6)24(30)21-15-13-19(14-16-21)17-22(23(29)33-7)28-25(31)34-18-20-11-9-8-10-12-20/h8-16,22,24,30H,17-18H2,1-7H3,(H,28,31)/t22-,24?/m0/s1. The molecule has 1 amide bonds. The zero-order chi connectivity index (χ0) is 27.9. The first-order chi connectivity index (χ1) is 17.1. The highest BCUT2D eigenvalue weighted by molar-refractivity contribution is 7.54. The monoisotopic (exact) mass is 535 g/mol. The topological polar surface area (TPSA) is 120 Å². The van der Waals surface area contributed by atoms with Gasteiger partial charge in [0.1, 0.15) is 12.6 Å². The first kappa shape index (κ1) is 30.5. The van der Waals surface area contributed by atoms with Crippen molar-refractivity contribution in [2.24, 2.45) is 0 Å². The minimum Gasteiger partial charge on any atom is -0.467 e. The van der Waals surface area contributed by atoms with Gasteiger partial charge in [0.25, 0.3) is 0 Å². The number of carbonyl (C=O) groups is 2. The molecule has 1 unspecified atom stereocenters. The maximum Gasteiger partial charge on any atom is 0.408 e. The third-order valence-electron chi connectivity index (χ3n) is 4.81. The van der Waals surface area contributed by atoms with Gasteiger partial charge in [-0.15, -0.1) is 0 Å². The summed E-state index contributed by atoms with van der Waals surface area (Å²) >= 11 is 0. The smallest absolute Gasteiger partial charge is 0.408 e. The molecule has 37 heavy (non-hydrogen) atoms. The summed E-state index contributed by atoms with van der Waals surface area (Å²) in [5.41, 5.74) is 0.153. The van der Waals surface area contributed by atoms with Crippen molar-refractivity contribution < 1.29 is 37.8 Å². The predicted octanol–water partition coefficient (Wildman–Crippen LogP) is 5.51. The summed E-state index contributed by atoms with van der Waals surface area (Å²) < 4.78 is 35.1. The van der Waals surface area contributed by atoms with Gasteiger partial charge in [-0.05, 0) is 58.2 Å². The average Bonchev–Trinajstić information content (AvgIpc) is 2.80. The first-order valence-electron chi connectivity index (χ1n) is 11.9. The summed E-state index contributed by atoms with van der Waals surface area (Å²) in [6, 6.07) is 14.6. The Morgan fingerprint density at radius 2 is 1.43 bits per heavy atom. The predicted molar refractivity (Wildman–Crippen MR) is 140 cm³/mol. The molecule has 2 aromatic rings. The van der Waals surface area contributed by atoms with Gasteiger partial charge in [0, 0.05) is 6.42 Å². The summed E-state index contributed by atoms with van der Waals surface area (Å²) in [7, 11) is -2.75. The summed E-state index contributed by atoms with van der Waals surface area (Å²) in [6.07, 6.45) is -0.649. The maximum absolute atomic E-state index is 13.6. The normalized spacial score (nSPS) is 13.9. The molecule has 9 nitrogen and oxygen atoms in total. The van der Waals surface area contributed by atoms with E-state index in [9.17, 15) is 19.3 Å². The van der Waals surface area contributed by atoms with Crippen molar-refractivity contribution in [1.82, 2.24) is 5.32 Å². The van der Waals surface area contributed by atoms with Gasteiger partial charge in [-0.3, -0.25) is 4.57 Å². The van der Waals surface area contributed by atoms with Crippen LogP contribution in [0.3, 0.4) is 0 Å². The Balaban J connectivity index is 2.13. The number of aliphatic hydroxyl groups excluding tert-OH is 1. The Morgan fingerprint density at radius 1 is 0.892 bits per heavy atom. The van der Waals surface area contributed by atoms with Gasteiger partial charge < -0.3 is 28.9 Å². The van der Waals surface area contributed by atoms with Gasteiger partial charge in [-0.25, -0.2) is 9.59 Å². The molecule has 0 spiro atoms. The van der Waals surface area contributed by atoms with Gasteiger partial charge in [0.15, 0.2) is 5.85 Å². The van der Waals surface area contributed by atoms with E-state index < -0.39 is 42.7 Å². The Labute approximate surface area is 219 Å². The molecule has 2 N–H and O–H groups in total. The number of alkyl carbamates (subject to hydrolysis) is 1. The average molecular weight is 536 g/mol. The summed E-state index contributed by atoms with van der Waals surface area (Å²) in [5.74, 6) is -2.16. The van der Waals surface area contributed by atoms with E-state index in [4.69, 9.17) is 18.5 Å². The second-order valence-corrected chi connectivity index (χ2v) is 12.5. The molecule has 0 aliphatic rings. The van der Waals surface area contributed by atoms with E-state index in [1.165, 1.54) is 7.11 Å². The number of hydrogen-bond acceptors (Lipinski definition) is 8. The molecule has 0 aromatic heterocycles. The van der Waals surface area contributed by atoms with Crippen LogP contribution in [-0.4, -0.2) is 41.5 Å². The Kier molecular flexibility index (Phi) is 10.5. The molecular formula is C27H38NO8P. The van der Waals surface area contributed by atoms with Crippen LogP contribution in [-0.2, 0) is 40.9 Å². The van der Waals surface area contributed by atoms with Gasteiger partial charge in [-0.1, -0.05) is 54.6 Å². The Hall–Kier alpha value is -2.71. The highest BCUT2D eigenvalue weighted by Crippen LogP contribution is 2.63. The van der Waals surface area contributed by atoms with Crippen LogP contribution >= 0.6 is 7.60 Å². The third kappa shape index (κ3) is 10.3. The summed E-state index contributed by atoms with van der Waals surface area (Å²) in [4.78, 5) is 24.6. The number of methoxy groups -OCH3 is 1. The van der Waals surface area contributed by atoms with Crippen molar-refractivity contribution in [3.8, 4) is 0 Å². The maximum atomic E-state index is 13.6. The van der Waals surface area contributed by atoms with Crippen LogP contribution in [0, 0.1) is 0 Å². The van der Waals surface area contributed by atoms with Crippen LogP contribution in [0.25, 0.3) is 0 Å². The van der Waals surface area contributed by atoms with Gasteiger partial charge in [0.05, 0.1) is 18.3 Å². The second kappa shape index (κ2) is 12.7. The molecule has 0 aliphatic carbocycles. The summed E-state index contributed by atoms with van der Waals surface area (Å²) in [5, 5.41) is 13.5. The zero-order valence-electron chi connectivity index (χ0n) is 22.5. The second-order valence-electron chi connectivity index (χ2n) is 10.5. The number of amides is 1. The summed E-state index contributed by atoms with van der Waals surface area (Å²) in [6.45, 7) is 10.4. The van der Waals surface area contributed by atoms with E-state index in [2.05, 4.69) is 5.32 Å². The van der Waals surface area contributed by atoms with Crippen molar-refractivity contribution >= 4 is 19.7 Å². The molecular weight excluding hydrogens is 497 g/mol. The zero-order valence-corrected chi connectivity index (χ0v) is 23.4. The fourth-order valence-corrected chi connectivity index (χ4v) is 5.67.